The number of carbonyl (C=O) groups is 2. The normalized spacial score (nSPS) is 19.2. The lowest BCUT2D eigenvalue weighted by Crippen LogP contribution is -2.41. The van der Waals surface area contributed by atoms with Crippen molar-refractivity contribution in [2.75, 3.05) is 37.0 Å². The molecule has 1 aromatic rings. The number of likely N-dealkylation sites (N-methyl/N-ethyl adjacent to an activating group) is 1. The average molecular weight is 354 g/mol. The van der Waals surface area contributed by atoms with Gasteiger partial charge in [0.15, 0.2) is 9.84 Å². The number of methoxy groups -OCH3 is 1. The first kappa shape index (κ1) is 18.4. The number of benzene rings is 1. The summed E-state index contributed by atoms with van der Waals surface area (Å²) in [5, 5.41) is 2.75. The third-order valence-electron chi connectivity index (χ3n) is 4.07. The Bertz CT molecular complexity index is 700. The first-order chi connectivity index (χ1) is 11.3. The number of ether oxygens (including phenoxy) is 1. The molecule has 0 aliphatic carbocycles. The lowest BCUT2D eigenvalue weighted by atomic mass is 10.2. The molecule has 2 rings (SSSR count). The molecule has 0 saturated carbocycles. The van der Waals surface area contributed by atoms with Crippen molar-refractivity contribution in [2.24, 2.45) is 0 Å². The molecule has 1 unspecified atom stereocenters. The smallest absolute Gasteiger partial charge is 0.337 e. The summed E-state index contributed by atoms with van der Waals surface area (Å²) in [6, 6.07) is 6.29. The van der Waals surface area contributed by atoms with E-state index >= 15 is 0 Å². The number of nitrogens with zero attached hydrogens (tertiary/aromatic N) is 1. The Labute approximate surface area is 141 Å². The lowest BCUT2D eigenvalue weighted by molar-refractivity contribution is -0.117. The predicted octanol–water partition coefficient (Wildman–Crippen LogP) is 0.921. The molecule has 132 valence electrons. The zero-order chi connectivity index (χ0) is 17.7. The molecular formula is C16H22N2O5S. The Morgan fingerprint density at radius 3 is 2.46 bits per heavy atom. The van der Waals surface area contributed by atoms with Crippen LogP contribution < -0.4 is 5.32 Å². The molecule has 0 spiro atoms. The molecule has 1 saturated heterocycles. The van der Waals surface area contributed by atoms with Crippen LogP contribution in [0.5, 0.6) is 0 Å². The van der Waals surface area contributed by atoms with Gasteiger partial charge in [0.25, 0.3) is 0 Å². The maximum Gasteiger partial charge on any atom is 0.337 e. The summed E-state index contributed by atoms with van der Waals surface area (Å²) in [6.07, 6.45) is 0.567. The minimum atomic E-state index is -2.98. The third-order valence-corrected chi connectivity index (χ3v) is 5.82. The zero-order valence-electron chi connectivity index (χ0n) is 13.8. The van der Waals surface area contributed by atoms with Crippen molar-refractivity contribution in [1.29, 1.82) is 0 Å². The minimum Gasteiger partial charge on any atom is -0.465 e. The van der Waals surface area contributed by atoms with Gasteiger partial charge in [0.2, 0.25) is 5.91 Å². The highest BCUT2D eigenvalue weighted by molar-refractivity contribution is 7.91. The molecule has 8 heteroatoms. The molecule has 1 aliphatic rings. The molecule has 1 heterocycles. The molecule has 1 amide bonds. The van der Waals surface area contributed by atoms with Gasteiger partial charge in [0.05, 0.1) is 30.7 Å². The van der Waals surface area contributed by atoms with Crippen molar-refractivity contribution in [2.45, 2.75) is 19.4 Å². The molecule has 1 N–H and O–H groups in total. The monoisotopic (exact) mass is 354 g/mol. The number of hydrogen-bond donors (Lipinski definition) is 1. The number of anilines is 1. The van der Waals surface area contributed by atoms with E-state index in [1.54, 1.807) is 24.3 Å². The van der Waals surface area contributed by atoms with E-state index in [4.69, 9.17) is 0 Å². The van der Waals surface area contributed by atoms with Gasteiger partial charge in [-0.15, -0.1) is 0 Å². The Kier molecular flexibility index (Phi) is 5.95. The summed E-state index contributed by atoms with van der Waals surface area (Å²) >= 11 is 0. The van der Waals surface area contributed by atoms with E-state index in [9.17, 15) is 18.0 Å². The SMILES string of the molecule is CCN(CC(=O)Nc1ccc(C(=O)OC)cc1)C1CCS(=O)(=O)C1. The molecule has 0 bridgehead atoms. The zero-order valence-corrected chi connectivity index (χ0v) is 14.6. The molecule has 0 radical (unpaired) electrons. The number of rotatable bonds is 6. The van der Waals surface area contributed by atoms with Crippen molar-refractivity contribution in [3.63, 3.8) is 0 Å². The van der Waals surface area contributed by atoms with Crippen LogP contribution in [0.25, 0.3) is 0 Å². The number of nitrogens with one attached hydrogen (secondary N) is 1. The Morgan fingerprint density at radius 2 is 1.96 bits per heavy atom. The van der Waals surface area contributed by atoms with Gasteiger partial charge in [-0.2, -0.15) is 0 Å². The maximum atomic E-state index is 12.2. The molecule has 7 nitrogen and oxygen atoms in total. The molecule has 1 aliphatic heterocycles. The number of esters is 1. The van der Waals surface area contributed by atoms with Crippen LogP contribution in [0.2, 0.25) is 0 Å². The van der Waals surface area contributed by atoms with Gasteiger partial charge in [0.1, 0.15) is 0 Å². The Balaban J connectivity index is 1.93. The Morgan fingerprint density at radius 1 is 1.29 bits per heavy atom. The van der Waals surface area contributed by atoms with E-state index in [-0.39, 0.29) is 30.0 Å². The van der Waals surface area contributed by atoms with Crippen molar-refractivity contribution >= 4 is 27.4 Å². The van der Waals surface area contributed by atoms with Crippen LogP contribution in [-0.4, -0.2) is 62.9 Å². The Hall–Kier alpha value is -1.93. The topological polar surface area (TPSA) is 92.8 Å². The molecule has 1 aromatic carbocycles. The summed E-state index contributed by atoms with van der Waals surface area (Å²) in [7, 11) is -1.67. The molecule has 0 aromatic heterocycles. The summed E-state index contributed by atoms with van der Waals surface area (Å²) < 4.78 is 27.8. The van der Waals surface area contributed by atoms with Gasteiger partial charge in [-0.25, -0.2) is 13.2 Å². The van der Waals surface area contributed by atoms with E-state index in [1.807, 2.05) is 11.8 Å². The van der Waals surface area contributed by atoms with Crippen LogP contribution in [0.4, 0.5) is 5.69 Å². The fourth-order valence-electron chi connectivity index (χ4n) is 2.75. The number of sulfone groups is 1. The van der Waals surface area contributed by atoms with Gasteiger partial charge >= 0.3 is 5.97 Å². The third kappa shape index (κ3) is 4.78. The minimum absolute atomic E-state index is 0.104. The van der Waals surface area contributed by atoms with Gasteiger partial charge in [-0.05, 0) is 37.2 Å². The van der Waals surface area contributed by atoms with Gasteiger partial charge in [-0.3, -0.25) is 9.69 Å². The van der Waals surface area contributed by atoms with E-state index < -0.39 is 15.8 Å². The second-order valence-corrected chi connectivity index (χ2v) is 7.97. The van der Waals surface area contributed by atoms with Crippen molar-refractivity contribution in [3.05, 3.63) is 29.8 Å². The highest BCUT2D eigenvalue weighted by Crippen LogP contribution is 2.18. The number of amides is 1. The molecule has 1 fully saturated rings. The average Bonchev–Trinajstić information content (AvgIpc) is 2.92. The molecule has 1 atom stereocenters. The summed E-state index contributed by atoms with van der Waals surface area (Å²) in [6.45, 7) is 2.65. The highest BCUT2D eigenvalue weighted by atomic mass is 32.2. The second-order valence-electron chi connectivity index (χ2n) is 5.74. The standard InChI is InChI=1S/C16H22N2O5S/c1-3-18(14-8-9-24(21,22)11-14)10-15(19)17-13-6-4-12(5-7-13)16(20)23-2/h4-7,14H,3,8-11H2,1-2H3,(H,17,19). The molecular weight excluding hydrogens is 332 g/mol. The van der Waals surface area contributed by atoms with E-state index in [0.717, 1.165) is 0 Å². The van der Waals surface area contributed by atoms with E-state index in [2.05, 4.69) is 10.1 Å². The first-order valence-corrected chi connectivity index (χ1v) is 9.59. The van der Waals surface area contributed by atoms with Crippen LogP contribution in [0.1, 0.15) is 23.7 Å². The van der Waals surface area contributed by atoms with Crippen LogP contribution in [0.15, 0.2) is 24.3 Å². The fourth-order valence-corrected chi connectivity index (χ4v) is 4.52. The highest BCUT2D eigenvalue weighted by Gasteiger charge is 2.32. The second kappa shape index (κ2) is 7.76. The number of hydrogen-bond acceptors (Lipinski definition) is 6. The fraction of sp³-hybridized carbons (Fsp3) is 0.500. The molecule has 24 heavy (non-hydrogen) atoms. The summed E-state index contributed by atoms with van der Waals surface area (Å²) in [4.78, 5) is 25.4. The maximum absolute atomic E-state index is 12.2. The van der Waals surface area contributed by atoms with E-state index in [0.29, 0.717) is 24.2 Å². The van der Waals surface area contributed by atoms with Crippen molar-refractivity contribution < 1.29 is 22.7 Å². The van der Waals surface area contributed by atoms with Crippen LogP contribution in [-0.2, 0) is 19.4 Å². The largest absolute Gasteiger partial charge is 0.465 e. The van der Waals surface area contributed by atoms with Crippen LogP contribution in [0, 0.1) is 0 Å². The van der Waals surface area contributed by atoms with Crippen molar-refractivity contribution in [1.82, 2.24) is 4.90 Å². The number of carbonyl (C=O) groups excluding carboxylic acids is 2. The quantitative estimate of drug-likeness (QED) is 0.764. The van der Waals surface area contributed by atoms with Gasteiger partial charge in [-0.1, -0.05) is 6.92 Å². The predicted molar refractivity (Wildman–Crippen MR) is 90.7 cm³/mol. The lowest BCUT2D eigenvalue weighted by Gasteiger charge is -2.25. The van der Waals surface area contributed by atoms with Gasteiger partial charge < -0.3 is 10.1 Å². The van der Waals surface area contributed by atoms with Crippen molar-refractivity contribution in [3.8, 4) is 0 Å². The van der Waals surface area contributed by atoms with Crippen LogP contribution in [0.3, 0.4) is 0 Å². The first-order valence-electron chi connectivity index (χ1n) is 7.77. The van der Waals surface area contributed by atoms with Crippen LogP contribution >= 0.6 is 0 Å². The van der Waals surface area contributed by atoms with E-state index in [1.165, 1.54) is 7.11 Å². The summed E-state index contributed by atoms with van der Waals surface area (Å²) in [5.41, 5.74) is 0.976. The van der Waals surface area contributed by atoms with Gasteiger partial charge in [0, 0.05) is 11.7 Å². The summed E-state index contributed by atoms with van der Waals surface area (Å²) in [5.74, 6) is -0.355.